The Kier molecular flexibility index (Phi) is 5.93. The fraction of sp³-hybridized carbons (Fsp3) is 0.250. The van der Waals surface area contributed by atoms with Gasteiger partial charge in [-0.15, -0.1) is 0 Å². The van der Waals surface area contributed by atoms with E-state index in [1.165, 1.54) is 33.5 Å². The van der Waals surface area contributed by atoms with Gasteiger partial charge in [0.25, 0.3) is 0 Å². The van der Waals surface area contributed by atoms with Crippen LogP contribution >= 0.6 is 11.6 Å². The van der Waals surface area contributed by atoms with Gasteiger partial charge in [-0.1, -0.05) is 11.6 Å². The number of methoxy groups -OCH3 is 3. The van der Waals surface area contributed by atoms with Gasteiger partial charge in [0, 0.05) is 17.1 Å². The van der Waals surface area contributed by atoms with Gasteiger partial charge in [-0.3, -0.25) is 0 Å². The molecule has 0 amide bonds. The smallest absolute Gasteiger partial charge is 0.244 e. The molecule has 0 saturated heterocycles. The molecule has 0 heterocycles. The molecule has 0 aliphatic carbocycles. The third-order valence-electron chi connectivity index (χ3n) is 3.36. The highest BCUT2D eigenvalue weighted by Gasteiger charge is 2.20. The van der Waals surface area contributed by atoms with Crippen molar-refractivity contribution in [3.05, 3.63) is 47.0 Å². The van der Waals surface area contributed by atoms with Gasteiger partial charge in [0.1, 0.15) is 22.1 Å². The Balaban J connectivity index is 2.30. The number of benzene rings is 2. The van der Waals surface area contributed by atoms with E-state index in [0.29, 0.717) is 22.1 Å². The second-order valence-electron chi connectivity index (χ2n) is 4.80. The molecule has 0 aliphatic heterocycles. The Morgan fingerprint density at radius 1 is 0.958 bits per heavy atom. The molecule has 0 fully saturated rings. The largest absolute Gasteiger partial charge is 0.497 e. The summed E-state index contributed by atoms with van der Waals surface area (Å²) in [7, 11) is 0.620. The summed E-state index contributed by atoms with van der Waals surface area (Å²) in [6.45, 7) is 0.0262. The molecule has 0 atom stereocenters. The molecule has 0 aliphatic rings. The molecule has 0 aromatic heterocycles. The second kappa shape index (κ2) is 7.74. The van der Waals surface area contributed by atoms with Gasteiger partial charge in [-0.25, -0.2) is 13.1 Å². The number of sulfonamides is 1. The van der Waals surface area contributed by atoms with Crippen LogP contribution in [0.2, 0.25) is 5.02 Å². The quantitative estimate of drug-likeness (QED) is 0.810. The summed E-state index contributed by atoms with van der Waals surface area (Å²) in [5.74, 6) is 1.37. The van der Waals surface area contributed by atoms with Crippen LogP contribution < -0.4 is 18.9 Å². The predicted octanol–water partition coefficient (Wildman–Crippen LogP) is 2.84. The van der Waals surface area contributed by atoms with Crippen LogP contribution in [-0.4, -0.2) is 29.7 Å². The fourth-order valence-corrected chi connectivity index (χ4v) is 3.57. The highest BCUT2D eigenvalue weighted by Crippen LogP contribution is 2.28. The van der Waals surface area contributed by atoms with Gasteiger partial charge in [-0.05, 0) is 36.4 Å². The van der Waals surface area contributed by atoms with Crippen LogP contribution in [0.4, 0.5) is 0 Å². The first-order valence-corrected chi connectivity index (χ1v) is 8.81. The van der Waals surface area contributed by atoms with Gasteiger partial charge < -0.3 is 14.2 Å². The van der Waals surface area contributed by atoms with Crippen LogP contribution in [0.15, 0.2) is 41.3 Å². The highest BCUT2D eigenvalue weighted by molar-refractivity contribution is 7.89. The molecule has 8 heteroatoms. The molecule has 2 aromatic rings. The van der Waals surface area contributed by atoms with E-state index in [4.69, 9.17) is 25.8 Å². The molecule has 0 saturated carbocycles. The number of nitrogens with one attached hydrogen (secondary N) is 1. The lowest BCUT2D eigenvalue weighted by atomic mass is 10.2. The van der Waals surface area contributed by atoms with Crippen molar-refractivity contribution in [2.75, 3.05) is 21.3 Å². The first-order valence-electron chi connectivity index (χ1n) is 6.95. The molecule has 0 bridgehead atoms. The molecule has 0 radical (unpaired) electrons. The highest BCUT2D eigenvalue weighted by atomic mass is 35.5. The average Bonchev–Trinajstić information content (AvgIpc) is 2.59. The number of hydrogen-bond acceptors (Lipinski definition) is 5. The molecule has 0 unspecified atom stereocenters. The van der Waals surface area contributed by atoms with Crippen molar-refractivity contribution in [2.45, 2.75) is 11.4 Å². The van der Waals surface area contributed by atoms with E-state index in [0.717, 1.165) is 0 Å². The SMILES string of the molecule is COc1ccc(OC)c(CNS(=O)(=O)c2cc(Cl)ccc2OC)c1. The van der Waals surface area contributed by atoms with E-state index >= 15 is 0 Å². The Hall–Kier alpha value is -1.96. The van der Waals surface area contributed by atoms with E-state index in [-0.39, 0.29) is 17.2 Å². The van der Waals surface area contributed by atoms with Crippen molar-refractivity contribution in [1.82, 2.24) is 4.72 Å². The van der Waals surface area contributed by atoms with Crippen LogP contribution in [0.1, 0.15) is 5.56 Å². The van der Waals surface area contributed by atoms with Crippen LogP contribution in [0.3, 0.4) is 0 Å². The molecule has 2 rings (SSSR count). The summed E-state index contributed by atoms with van der Waals surface area (Å²) in [6, 6.07) is 9.55. The Bertz CT molecular complexity index is 823. The fourth-order valence-electron chi connectivity index (χ4n) is 2.13. The summed E-state index contributed by atoms with van der Waals surface area (Å²) in [5, 5.41) is 0.301. The number of rotatable bonds is 7. The standard InChI is InChI=1S/C16H18ClNO5S/c1-21-13-5-7-14(22-2)11(8-13)10-18-24(19,20)16-9-12(17)4-6-15(16)23-3/h4-9,18H,10H2,1-3H3. The third-order valence-corrected chi connectivity index (χ3v) is 5.01. The average molecular weight is 372 g/mol. The molecule has 130 valence electrons. The van der Waals surface area contributed by atoms with Gasteiger partial charge in [0.2, 0.25) is 10.0 Å². The predicted molar refractivity (Wildman–Crippen MR) is 91.6 cm³/mol. The first-order chi connectivity index (χ1) is 11.4. The van der Waals surface area contributed by atoms with Gasteiger partial charge in [0.05, 0.1) is 21.3 Å². The van der Waals surface area contributed by atoms with Crippen molar-refractivity contribution in [2.24, 2.45) is 0 Å². The molecule has 0 spiro atoms. The minimum atomic E-state index is -3.82. The van der Waals surface area contributed by atoms with E-state index in [2.05, 4.69) is 4.72 Å². The lowest BCUT2D eigenvalue weighted by molar-refractivity contribution is 0.397. The molecule has 1 N–H and O–H groups in total. The van der Waals surface area contributed by atoms with Gasteiger partial charge in [-0.2, -0.15) is 0 Å². The molecule has 6 nitrogen and oxygen atoms in total. The zero-order chi connectivity index (χ0) is 17.7. The molecule has 24 heavy (non-hydrogen) atoms. The molecule has 2 aromatic carbocycles. The molecular formula is C16H18ClNO5S. The zero-order valence-electron chi connectivity index (χ0n) is 13.5. The monoisotopic (exact) mass is 371 g/mol. The maximum absolute atomic E-state index is 12.6. The minimum absolute atomic E-state index is 0.0262. The van der Waals surface area contributed by atoms with Crippen molar-refractivity contribution >= 4 is 21.6 Å². The Labute approximate surface area is 146 Å². The maximum atomic E-state index is 12.6. The summed E-state index contributed by atoms with van der Waals surface area (Å²) in [6.07, 6.45) is 0. The lowest BCUT2D eigenvalue weighted by Crippen LogP contribution is -2.24. The zero-order valence-corrected chi connectivity index (χ0v) is 15.1. The van der Waals surface area contributed by atoms with Gasteiger partial charge >= 0.3 is 0 Å². The summed E-state index contributed by atoms with van der Waals surface area (Å²) >= 11 is 5.90. The maximum Gasteiger partial charge on any atom is 0.244 e. The van der Waals surface area contributed by atoms with E-state index in [1.807, 2.05) is 0 Å². The lowest BCUT2D eigenvalue weighted by Gasteiger charge is -2.13. The van der Waals surface area contributed by atoms with E-state index in [1.54, 1.807) is 24.3 Å². The van der Waals surface area contributed by atoms with Gasteiger partial charge in [0.15, 0.2) is 0 Å². The summed E-state index contributed by atoms with van der Waals surface area (Å²) in [5.41, 5.74) is 0.640. The van der Waals surface area contributed by atoms with E-state index < -0.39 is 10.0 Å². The van der Waals surface area contributed by atoms with Crippen LogP contribution in [0, 0.1) is 0 Å². The number of halogens is 1. The third kappa shape index (κ3) is 4.11. The van der Waals surface area contributed by atoms with Crippen molar-refractivity contribution in [3.8, 4) is 17.2 Å². The Morgan fingerprint density at radius 3 is 2.25 bits per heavy atom. The van der Waals surface area contributed by atoms with Crippen LogP contribution in [-0.2, 0) is 16.6 Å². The number of hydrogen-bond donors (Lipinski definition) is 1. The Morgan fingerprint density at radius 2 is 1.62 bits per heavy atom. The van der Waals surface area contributed by atoms with Crippen LogP contribution in [0.25, 0.3) is 0 Å². The second-order valence-corrected chi connectivity index (χ2v) is 6.97. The number of ether oxygens (including phenoxy) is 3. The van der Waals surface area contributed by atoms with E-state index in [9.17, 15) is 8.42 Å². The molecular weight excluding hydrogens is 354 g/mol. The van der Waals surface area contributed by atoms with Crippen LogP contribution in [0.5, 0.6) is 17.2 Å². The first kappa shape index (κ1) is 18.4. The topological polar surface area (TPSA) is 73.9 Å². The normalized spacial score (nSPS) is 11.2. The van der Waals surface area contributed by atoms with Crippen molar-refractivity contribution in [1.29, 1.82) is 0 Å². The van der Waals surface area contributed by atoms with Crippen molar-refractivity contribution < 1.29 is 22.6 Å². The minimum Gasteiger partial charge on any atom is -0.497 e. The van der Waals surface area contributed by atoms with Crippen molar-refractivity contribution in [3.63, 3.8) is 0 Å². The summed E-state index contributed by atoms with van der Waals surface area (Å²) in [4.78, 5) is -0.0284. The summed E-state index contributed by atoms with van der Waals surface area (Å²) < 4.78 is 43.2.